The maximum atomic E-state index is 14.6. The molecule has 0 aliphatic carbocycles. The molecule has 258 valence electrons. The number of ether oxygens (including phenoxy) is 1. The van der Waals surface area contributed by atoms with Gasteiger partial charge in [0.05, 0.1) is 10.6 Å². The lowest BCUT2D eigenvalue weighted by molar-refractivity contribution is -0.140. The number of sulfonamides is 1. The Labute approximate surface area is 293 Å². The molecule has 1 atom stereocenters. The van der Waals surface area contributed by atoms with Gasteiger partial charge in [0.25, 0.3) is 10.0 Å². The number of amides is 2. The minimum absolute atomic E-state index is 0.00659. The molecule has 0 spiro atoms. The summed E-state index contributed by atoms with van der Waals surface area (Å²) in [5.74, 6) is -0.332. The molecule has 0 bridgehead atoms. The number of anilines is 1. The van der Waals surface area contributed by atoms with Gasteiger partial charge < -0.3 is 15.0 Å². The Morgan fingerprint density at radius 2 is 1.36 bits per heavy atom. The second-order valence-electron chi connectivity index (χ2n) is 11.9. The first-order chi connectivity index (χ1) is 24.1. The van der Waals surface area contributed by atoms with Crippen LogP contribution in [-0.4, -0.2) is 44.3 Å². The third-order valence-electron chi connectivity index (χ3n) is 8.08. The van der Waals surface area contributed by atoms with Crippen LogP contribution in [0.25, 0.3) is 0 Å². The molecule has 0 aliphatic heterocycles. The van der Waals surface area contributed by atoms with Gasteiger partial charge in [-0.2, -0.15) is 0 Å². The largest absolute Gasteiger partial charge is 0.457 e. The molecule has 8 nitrogen and oxygen atoms in total. The van der Waals surface area contributed by atoms with Crippen molar-refractivity contribution in [2.45, 2.75) is 44.2 Å². The highest BCUT2D eigenvalue weighted by Gasteiger charge is 2.34. The van der Waals surface area contributed by atoms with E-state index in [2.05, 4.69) is 5.32 Å². The Balaban J connectivity index is 1.55. The van der Waals surface area contributed by atoms with E-state index in [0.717, 1.165) is 15.4 Å². The van der Waals surface area contributed by atoms with Crippen molar-refractivity contribution in [3.05, 3.63) is 156 Å². The van der Waals surface area contributed by atoms with Gasteiger partial charge in [-0.3, -0.25) is 13.9 Å². The summed E-state index contributed by atoms with van der Waals surface area (Å²) in [4.78, 5) is 29.8. The van der Waals surface area contributed by atoms with Crippen molar-refractivity contribution in [2.24, 2.45) is 0 Å². The molecule has 0 fully saturated rings. The molecule has 0 aliphatic rings. The molecule has 10 heteroatoms. The summed E-state index contributed by atoms with van der Waals surface area (Å²) < 4.78 is 49.5. The van der Waals surface area contributed by atoms with E-state index in [1.165, 1.54) is 29.2 Å². The zero-order valence-corrected chi connectivity index (χ0v) is 28.9. The summed E-state index contributed by atoms with van der Waals surface area (Å²) in [6.45, 7) is 3.51. The van der Waals surface area contributed by atoms with Gasteiger partial charge in [-0.25, -0.2) is 12.8 Å². The van der Waals surface area contributed by atoms with Crippen LogP contribution in [-0.2, 0) is 32.6 Å². The molecular weight excluding hydrogens is 654 g/mol. The highest BCUT2D eigenvalue weighted by atomic mass is 32.2. The molecule has 0 heterocycles. The molecule has 50 heavy (non-hydrogen) atoms. The normalized spacial score (nSPS) is 11.7. The van der Waals surface area contributed by atoms with E-state index in [1.807, 2.05) is 62.4 Å². The topological polar surface area (TPSA) is 96.0 Å². The molecule has 0 aromatic heterocycles. The average molecular weight is 694 g/mol. The van der Waals surface area contributed by atoms with Crippen molar-refractivity contribution < 1.29 is 27.1 Å². The van der Waals surface area contributed by atoms with Crippen LogP contribution in [0.5, 0.6) is 11.5 Å². The first-order valence-electron chi connectivity index (χ1n) is 16.4. The van der Waals surface area contributed by atoms with E-state index < -0.39 is 34.3 Å². The lowest BCUT2D eigenvalue weighted by Crippen LogP contribution is -2.53. The molecule has 0 unspecified atom stereocenters. The van der Waals surface area contributed by atoms with E-state index in [9.17, 15) is 22.4 Å². The lowest BCUT2D eigenvalue weighted by atomic mass is 10.0. The Hall–Kier alpha value is -5.48. The van der Waals surface area contributed by atoms with Crippen LogP contribution in [0.4, 0.5) is 10.1 Å². The fraction of sp³-hybridized carbons (Fsp3) is 0.200. The number of halogens is 1. The molecule has 0 saturated carbocycles. The van der Waals surface area contributed by atoms with Crippen molar-refractivity contribution in [2.75, 3.05) is 17.4 Å². The number of para-hydroxylation sites is 1. The number of hydrogen-bond acceptors (Lipinski definition) is 5. The van der Waals surface area contributed by atoms with Gasteiger partial charge >= 0.3 is 0 Å². The predicted octanol–water partition coefficient (Wildman–Crippen LogP) is 7.29. The van der Waals surface area contributed by atoms with Gasteiger partial charge in [0.2, 0.25) is 11.8 Å². The van der Waals surface area contributed by atoms with Crippen LogP contribution < -0.4 is 14.4 Å². The Bertz CT molecular complexity index is 1960. The Morgan fingerprint density at radius 3 is 1.98 bits per heavy atom. The predicted molar refractivity (Wildman–Crippen MR) is 193 cm³/mol. The van der Waals surface area contributed by atoms with Crippen LogP contribution >= 0.6 is 0 Å². The third kappa shape index (κ3) is 9.35. The van der Waals surface area contributed by atoms with Gasteiger partial charge in [-0.1, -0.05) is 85.3 Å². The molecular formula is C40H40FN3O5S. The Morgan fingerprint density at radius 1 is 0.760 bits per heavy atom. The molecule has 5 rings (SSSR count). The fourth-order valence-corrected chi connectivity index (χ4v) is 6.79. The summed E-state index contributed by atoms with van der Waals surface area (Å²) in [6, 6.07) is 36.0. The quantitative estimate of drug-likeness (QED) is 0.124. The molecule has 0 radical (unpaired) electrons. The number of carbonyl (C=O) groups is 2. The van der Waals surface area contributed by atoms with Gasteiger partial charge in [-0.05, 0) is 85.1 Å². The van der Waals surface area contributed by atoms with E-state index in [1.54, 1.807) is 60.7 Å². The maximum absolute atomic E-state index is 14.6. The number of nitrogens with zero attached hydrogens (tertiary/aromatic N) is 2. The third-order valence-corrected chi connectivity index (χ3v) is 9.87. The summed E-state index contributed by atoms with van der Waals surface area (Å²) in [5, 5.41) is 2.92. The second-order valence-corrected chi connectivity index (χ2v) is 13.7. The number of nitrogens with one attached hydrogen (secondary N) is 1. The van der Waals surface area contributed by atoms with Crippen LogP contribution in [0.3, 0.4) is 0 Å². The highest BCUT2D eigenvalue weighted by Crippen LogP contribution is 2.29. The Kier molecular flexibility index (Phi) is 12.0. The van der Waals surface area contributed by atoms with E-state index in [4.69, 9.17) is 4.74 Å². The number of rotatable bonds is 15. The average Bonchev–Trinajstić information content (AvgIpc) is 3.13. The zero-order chi connectivity index (χ0) is 35.5. The summed E-state index contributed by atoms with van der Waals surface area (Å²) in [7, 11) is -4.27. The molecule has 5 aromatic rings. The number of aryl methyl sites for hydroxylation is 1. The standard InChI is InChI=1S/C40H40FN3O5S/c1-3-26-42-40(46)38(27-31-10-6-4-7-11-31)43(28-32-16-18-33(41)19-17-32)39(45)29-44(50(47,48)37-24-14-30(2)15-25-37)34-20-22-36(23-21-34)49-35-12-8-5-9-13-35/h4-25,38H,3,26-29H2,1-2H3,(H,42,46)/t38-/m0/s1. The zero-order valence-electron chi connectivity index (χ0n) is 28.0. The van der Waals surface area contributed by atoms with Gasteiger partial charge in [-0.15, -0.1) is 0 Å². The molecule has 5 aromatic carbocycles. The first kappa shape index (κ1) is 35.8. The smallest absolute Gasteiger partial charge is 0.264 e. The monoisotopic (exact) mass is 693 g/mol. The van der Waals surface area contributed by atoms with Crippen molar-refractivity contribution in [3.8, 4) is 11.5 Å². The minimum Gasteiger partial charge on any atom is -0.457 e. The number of hydrogen-bond donors (Lipinski definition) is 1. The van der Waals surface area contributed by atoms with Crippen molar-refractivity contribution in [1.29, 1.82) is 0 Å². The first-order valence-corrected chi connectivity index (χ1v) is 17.9. The van der Waals surface area contributed by atoms with Gasteiger partial charge in [0.1, 0.15) is 29.9 Å². The summed E-state index contributed by atoms with van der Waals surface area (Å²) in [5.41, 5.74) is 2.51. The number of benzene rings is 5. The summed E-state index contributed by atoms with van der Waals surface area (Å²) in [6.07, 6.45) is 0.863. The lowest BCUT2D eigenvalue weighted by Gasteiger charge is -2.34. The second kappa shape index (κ2) is 16.8. The van der Waals surface area contributed by atoms with E-state index in [0.29, 0.717) is 30.0 Å². The van der Waals surface area contributed by atoms with Crippen molar-refractivity contribution in [3.63, 3.8) is 0 Å². The molecule has 0 saturated heterocycles. The summed E-state index contributed by atoms with van der Waals surface area (Å²) >= 11 is 0. The SMILES string of the molecule is CCCNC(=O)[C@H](Cc1ccccc1)N(Cc1ccc(F)cc1)C(=O)CN(c1ccc(Oc2ccccc2)cc1)S(=O)(=O)c1ccc(C)cc1. The van der Waals surface area contributed by atoms with Crippen LogP contribution in [0.15, 0.2) is 138 Å². The van der Waals surface area contributed by atoms with Crippen LogP contribution in [0.2, 0.25) is 0 Å². The van der Waals surface area contributed by atoms with Crippen molar-refractivity contribution >= 4 is 27.5 Å². The maximum Gasteiger partial charge on any atom is 0.264 e. The van der Waals surface area contributed by atoms with Crippen molar-refractivity contribution in [1.82, 2.24) is 10.2 Å². The molecule has 1 N–H and O–H groups in total. The van der Waals surface area contributed by atoms with E-state index in [-0.39, 0.29) is 29.5 Å². The van der Waals surface area contributed by atoms with Crippen LogP contribution in [0.1, 0.15) is 30.0 Å². The highest BCUT2D eigenvalue weighted by molar-refractivity contribution is 7.92. The van der Waals surface area contributed by atoms with Gasteiger partial charge in [0, 0.05) is 19.5 Å². The van der Waals surface area contributed by atoms with Crippen LogP contribution in [0, 0.1) is 12.7 Å². The van der Waals surface area contributed by atoms with Gasteiger partial charge in [0.15, 0.2) is 0 Å². The van der Waals surface area contributed by atoms with E-state index >= 15 is 0 Å². The fourth-order valence-electron chi connectivity index (χ4n) is 5.38. The minimum atomic E-state index is -4.27. The molecule has 2 amide bonds. The number of carbonyl (C=O) groups excluding carboxylic acids is 2.